The molecule has 0 amide bonds. The summed E-state index contributed by atoms with van der Waals surface area (Å²) in [5, 5.41) is 0. The first-order valence-corrected chi connectivity index (χ1v) is 3.84. The van der Waals surface area contributed by atoms with E-state index < -0.39 is 0 Å². The minimum Gasteiger partial charge on any atom is -0.378 e. The van der Waals surface area contributed by atoms with Gasteiger partial charge >= 0.3 is 0 Å². The Morgan fingerprint density at radius 2 is 2.11 bits per heavy atom. The van der Waals surface area contributed by atoms with E-state index in [0.717, 1.165) is 12.5 Å². The molecule has 3 aliphatic rings. The van der Waals surface area contributed by atoms with Crippen LogP contribution in [0.25, 0.3) is 0 Å². The summed E-state index contributed by atoms with van der Waals surface area (Å²) in [6.45, 7) is 5.66. The normalized spacial score (nSPS) is 47.7. The Balaban J connectivity index is 2.10. The van der Waals surface area contributed by atoms with Crippen molar-refractivity contribution in [1.29, 1.82) is 0 Å². The van der Waals surface area contributed by atoms with Gasteiger partial charge in [-0.15, -0.1) is 0 Å². The number of fused-ring (bicyclic) bond motifs is 1. The lowest BCUT2D eigenvalue weighted by Crippen LogP contribution is -2.37. The lowest BCUT2D eigenvalue weighted by atomic mass is 9.64. The van der Waals surface area contributed by atoms with Crippen molar-refractivity contribution in [2.24, 2.45) is 11.3 Å². The van der Waals surface area contributed by atoms with Gasteiger partial charge in [-0.25, -0.2) is 0 Å². The molecule has 0 aromatic heterocycles. The summed E-state index contributed by atoms with van der Waals surface area (Å²) < 4.78 is 5.49. The summed E-state index contributed by atoms with van der Waals surface area (Å²) in [4.78, 5) is 0. The second kappa shape index (κ2) is 1.51. The molecule has 9 heavy (non-hydrogen) atoms. The van der Waals surface area contributed by atoms with E-state index in [2.05, 4.69) is 13.8 Å². The van der Waals surface area contributed by atoms with E-state index >= 15 is 0 Å². The Hall–Kier alpha value is -0.0400. The van der Waals surface area contributed by atoms with Crippen LogP contribution in [0, 0.1) is 11.3 Å². The summed E-state index contributed by atoms with van der Waals surface area (Å²) in [6.07, 6.45) is 3.32. The van der Waals surface area contributed by atoms with Gasteiger partial charge in [-0.3, -0.25) is 0 Å². The largest absolute Gasteiger partial charge is 0.378 e. The molecule has 1 nitrogen and oxygen atoms in total. The summed E-state index contributed by atoms with van der Waals surface area (Å²) in [6, 6.07) is 0. The molecular weight excluding hydrogens is 112 g/mol. The molecular formula is C8H14O. The summed E-state index contributed by atoms with van der Waals surface area (Å²) in [5.41, 5.74) is 0.616. The van der Waals surface area contributed by atoms with E-state index in [-0.39, 0.29) is 0 Å². The van der Waals surface area contributed by atoms with Gasteiger partial charge in [0.2, 0.25) is 0 Å². The highest BCUT2D eigenvalue weighted by atomic mass is 16.5. The van der Waals surface area contributed by atoms with E-state index in [1.54, 1.807) is 0 Å². The van der Waals surface area contributed by atoms with Gasteiger partial charge in [0.25, 0.3) is 0 Å². The summed E-state index contributed by atoms with van der Waals surface area (Å²) in [5.74, 6) is 0.830. The van der Waals surface area contributed by atoms with Crippen LogP contribution in [0.1, 0.15) is 26.7 Å². The fourth-order valence-electron chi connectivity index (χ4n) is 2.00. The van der Waals surface area contributed by atoms with E-state index in [1.165, 1.54) is 12.8 Å². The highest BCUT2D eigenvalue weighted by molar-refractivity contribution is 5.01. The molecule has 0 radical (unpaired) electrons. The average molecular weight is 126 g/mol. The molecule has 0 N–H and O–H groups in total. The van der Waals surface area contributed by atoms with Crippen molar-refractivity contribution in [1.82, 2.24) is 0 Å². The monoisotopic (exact) mass is 126 g/mol. The molecule has 2 heterocycles. The number of hydrogen-bond acceptors (Lipinski definition) is 1. The minimum atomic E-state index is 0.616. The Labute approximate surface area is 56.4 Å². The lowest BCUT2D eigenvalue weighted by Gasteiger charge is -2.38. The highest BCUT2D eigenvalue weighted by Crippen LogP contribution is 2.54. The summed E-state index contributed by atoms with van der Waals surface area (Å²) in [7, 11) is 0. The highest BCUT2D eigenvalue weighted by Gasteiger charge is 2.53. The molecule has 2 aliphatic heterocycles. The van der Waals surface area contributed by atoms with Crippen LogP contribution in [0.2, 0.25) is 0 Å². The molecule has 2 bridgehead atoms. The van der Waals surface area contributed by atoms with E-state index in [4.69, 9.17) is 4.74 Å². The van der Waals surface area contributed by atoms with Crippen molar-refractivity contribution in [3.05, 3.63) is 0 Å². The average Bonchev–Trinajstić information content (AvgIpc) is 2.13. The Morgan fingerprint density at radius 1 is 1.44 bits per heavy atom. The van der Waals surface area contributed by atoms with Crippen LogP contribution in [-0.4, -0.2) is 12.7 Å². The predicted octanol–water partition coefficient (Wildman–Crippen LogP) is 1.82. The molecule has 0 spiro atoms. The number of hydrogen-bond donors (Lipinski definition) is 0. The van der Waals surface area contributed by atoms with E-state index in [1.807, 2.05) is 0 Å². The van der Waals surface area contributed by atoms with Gasteiger partial charge in [0.15, 0.2) is 0 Å². The molecule has 52 valence electrons. The van der Waals surface area contributed by atoms with Crippen molar-refractivity contribution in [2.45, 2.75) is 32.8 Å². The molecule has 1 saturated carbocycles. The zero-order valence-corrected chi connectivity index (χ0v) is 6.18. The summed E-state index contributed by atoms with van der Waals surface area (Å²) >= 11 is 0. The van der Waals surface area contributed by atoms with Crippen molar-refractivity contribution in [3.63, 3.8) is 0 Å². The van der Waals surface area contributed by atoms with Crippen LogP contribution < -0.4 is 0 Å². The van der Waals surface area contributed by atoms with Crippen LogP contribution in [-0.2, 0) is 4.74 Å². The van der Waals surface area contributed by atoms with Gasteiger partial charge in [0.1, 0.15) is 0 Å². The van der Waals surface area contributed by atoms with Crippen LogP contribution in [0.4, 0.5) is 0 Å². The second-order valence-electron chi connectivity index (χ2n) is 3.86. The molecule has 3 rings (SSSR count). The van der Waals surface area contributed by atoms with Crippen molar-refractivity contribution < 1.29 is 4.74 Å². The molecule has 0 unspecified atom stereocenters. The first-order chi connectivity index (χ1) is 4.23. The van der Waals surface area contributed by atoms with Gasteiger partial charge < -0.3 is 4.74 Å². The topological polar surface area (TPSA) is 9.23 Å². The smallest absolute Gasteiger partial charge is 0.0588 e. The third-order valence-electron chi connectivity index (χ3n) is 3.10. The number of rotatable bonds is 1. The van der Waals surface area contributed by atoms with Crippen LogP contribution in [0.3, 0.4) is 0 Å². The van der Waals surface area contributed by atoms with Gasteiger partial charge in [-0.1, -0.05) is 13.8 Å². The fraction of sp³-hybridized carbons (Fsp3) is 1.00. The minimum absolute atomic E-state index is 0.616. The van der Waals surface area contributed by atoms with Crippen molar-refractivity contribution in [2.75, 3.05) is 6.61 Å². The Kier molecular flexibility index (Phi) is 0.963. The molecule has 1 heteroatoms. The third-order valence-corrected chi connectivity index (χ3v) is 3.10. The van der Waals surface area contributed by atoms with Crippen LogP contribution in [0.15, 0.2) is 0 Å². The molecule has 0 atom stereocenters. The first kappa shape index (κ1) is 5.72. The third kappa shape index (κ3) is 0.586. The fourth-order valence-corrected chi connectivity index (χ4v) is 2.00. The van der Waals surface area contributed by atoms with E-state index in [0.29, 0.717) is 11.5 Å². The van der Waals surface area contributed by atoms with Gasteiger partial charge in [0.05, 0.1) is 12.7 Å². The van der Waals surface area contributed by atoms with Gasteiger partial charge in [-0.05, 0) is 18.8 Å². The maximum atomic E-state index is 5.49. The molecule has 0 aromatic carbocycles. The van der Waals surface area contributed by atoms with Crippen LogP contribution in [0.5, 0.6) is 0 Å². The molecule has 3 fully saturated rings. The first-order valence-electron chi connectivity index (χ1n) is 3.84. The maximum absolute atomic E-state index is 5.49. The Bertz CT molecular complexity index is 117. The quantitative estimate of drug-likeness (QED) is 0.520. The lowest BCUT2D eigenvalue weighted by molar-refractivity contribution is 0.0912. The second-order valence-corrected chi connectivity index (χ2v) is 3.86. The maximum Gasteiger partial charge on any atom is 0.0588 e. The van der Waals surface area contributed by atoms with Crippen molar-refractivity contribution >= 4 is 0 Å². The zero-order valence-electron chi connectivity index (χ0n) is 6.18. The molecule has 2 saturated heterocycles. The molecule has 0 aromatic rings. The van der Waals surface area contributed by atoms with Crippen molar-refractivity contribution in [3.8, 4) is 0 Å². The molecule has 1 aliphatic carbocycles. The van der Waals surface area contributed by atoms with E-state index in [9.17, 15) is 0 Å². The predicted molar refractivity (Wildman–Crippen MR) is 36.2 cm³/mol. The number of ether oxygens (including phenoxy) is 1. The SMILES string of the molecule is CC(C)C12COC(C1)C2. The van der Waals surface area contributed by atoms with Gasteiger partial charge in [0, 0.05) is 5.41 Å². The zero-order chi connectivity index (χ0) is 6.48. The Morgan fingerprint density at radius 3 is 2.33 bits per heavy atom. The standard InChI is InChI=1S/C8H14O/c1-6(2)8-3-7(4-8)9-5-8/h6-7H,3-5H2,1-2H3. The van der Waals surface area contributed by atoms with Gasteiger partial charge in [-0.2, -0.15) is 0 Å². The van der Waals surface area contributed by atoms with Crippen LogP contribution >= 0.6 is 0 Å².